The smallest absolute Gasteiger partial charge is 0.00697 e. The predicted octanol–water partition coefficient (Wildman–Crippen LogP) is 3.05. The van der Waals surface area contributed by atoms with Gasteiger partial charge in [-0.05, 0) is 39.7 Å². The first-order valence-corrected chi connectivity index (χ1v) is 5.51. The van der Waals surface area contributed by atoms with Gasteiger partial charge in [0.2, 0.25) is 0 Å². The lowest BCUT2D eigenvalue weighted by molar-refractivity contribution is 0.102. The highest BCUT2D eigenvalue weighted by Gasteiger charge is 2.23. The molecule has 72 valence electrons. The summed E-state index contributed by atoms with van der Waals surface area (Å²) in [4.78, 5) is 2.69. The zero-order valence-corrected chi connectivity index (χ0v) is 8.84. The number of unbranched alkanes of at least 4 members (excludes halogenated alkanes) is 1. The highest BCUT2D eigenvalue weighted by molar-refractivity contribution is 4.78. The summed E-state index contributed by atoms with van der Waals surface area (Å²) in [5.74, 6) is 0. The minimum absolute atomic E-state index is 0.834. The Morgan fingerprint density at radius 1 is 1.17 bits per heavy atom. The molecule has 1 aliphatic heterocycles. The van der Waals surface area contributed by atoms with Gasteiger partial charge in [-0.15, -0.1) is 0 Å². The molecular weight excluding hydrogens is 146 g/mol. The van der Waals surface area contributed by atoms with Crippen LogP contribution in [0.1, 0.15) is 52.9 Å². The van der Waals surface area contributed by atoms with Crippen LogP contribution in [0.4, 0.5) is 0 Å². The molecule has 0 unspecified atom stereocenters. The summed E-state index contributed by atoms with van der Waals surface area (Å²) in [6.45, 7) is 8.36. The average Bonchev–Trinajstić information content (AvgIpc) is 2.04. The van der Waals surface area contributed by atoms with Crippen LogP contribution in [0.2, 0.25) is 0 Å². The molecule has 1 fully saturated rings. The molecule has 0 radical (unpaired) electrons. The quantitative estimate of drug-likeness (QED) is 0.627. The third-order valence-electron chi connectivity index (χ3n) is 3.15. The minimum Gasteiger partial charge on any atom is -0.298 e. The van der Waals surface area contributed by atoms with E-state index in [2.05, 4.69) is 25.7 Å². The van der Waals surface area contributed by atoms with Crippen LogP contribution < -0.4 is 0 Å². The lowest BCUT2D eigenvalue weighted by Gasteiger charge is -2.39. The van der Waals surface area contributed by atoms with E-state index in [0.29, 0.717) is 0 Å². The molecule has 1 saturated heterocycles. The molecule has 0 aromatic heterocycles. The van der Waals surface area contributed by atoms with E-state index in [-0.39, 0.29) is 0 Å². The first-order chi connectivity index (χ1) is 5.75. The highest BCUT2D eigenvalue weighted by atomic mass is 15.2. The molecule has 0 N–H and O–H groups in total. The third kappa shape index (κ3) is 2.48. The van der Waals surface area contributed by atoms with Crippen LogP contribution in [-0.2, 0) is 0 Å². The molecule has 0 spiro atoms. The Hall–Kier alpha value is -0.0400. The maximum Gasteiger partial charge on any atom is 0.00697 e. The second-order valence-electron chi connectivity index (χ2n) is 4.22. The molecule has 1 nitrogen and oxygen atoms in total. The van der Waals surface area contributed by atoms with Crippen LogP contribution in [0.3, 0.4) is 0 Å². The topological polar surface area (TPSA) is 3.24 Å². The van der Waals surface area contributed by atoms with Crippen molar-refractivity contribution in [1.82, 2.24) is 4.90 Å². The van der Waals surface area contributed by atoms with Crippen molar-refractivity contribution in [2.75, 3.05) is 6.54 Å². The zero-order valence-electron chi connectivity index (χ0n) is 8.84. The summed E-state index contributed by atoms with van der Waals surface area (Å²) in [7, 11) is 0. The zero-order chi connectivity index (χ0) is 8.97. The normalized spacial score (nSPS) is 32.2. The van der Waals surface area contributed by atoms with Crippen LogP contribution in [-0.4, -0.2) is 23.5 Å². The fraction of sp³-hybridized carbons (Fsp3) is 1.00. The lowest BCUT2D eigenvalue weighted by atomic mass is 9.97. The maximum atomic E-state index is 2.69. The van der Waals surface area contributed by atoms with E-state index in [1.54, 1.807) is 0 Å². The number of hydrogen-bond donors (Lipinski definition) is 0. The Labute approximate surface area is 77.1 Å². The van der Waals surface area contributed by atoms with Crippen LogP contribution in [0.25, 0.3) is 0 Å². The summed E-state index contributed by atoms with van der Waals surface area (Å²) >= 11 is 0. The maximum absolute atomic E-state index is 2.69. The van der Waals surface area contributed by atoms with Crippen molar-refractivity contribution in [3.8, 4) is 0 Å². The van der Waals surface area contributed by atoms with Gasteiger partial charge < -0.3 is 0 Å². The number of rotatable bonds is 3. The van der Waals surface area contributed by atoms with Crippen LogP contribution in [0.15, 0.2) is 0 Å². The highest BCUT2D eigenvalue weighted by Crippen LogP contribution is 2.22. The summed E-state index contributed by atoms with van der Waals surface area (Å²) in [6.07, 6.45) is 6.96. The van der Waals surface area contributed by atoms with Crippen molar-refractivity contribution in [2.24, 2.45) is 0 Å². The summed E-state index contributed by atoms with van der Waals surface area (Å²) in [6, 6.07) is 1.67. The molecule has 1 heteroatoms. The van der Waals surface area contributed by atoms with E-state index in [4.69, 9.17) is 0 Å². The predicted molar refractivity (Wildman–Crippen MR) is 54.4 cm³/mol. The minimum atomic E-state index is 0.834. The molecule has 0 aliphatic carbocycles. The number of nitrogens with zero attached hydrogens (tertiary/aromatic N) is 1. The Morgan fingerprint density at radius 2 is 1.75 bits per heavy atom. The molecule has 12 heavy (non-hydrogen) atoms. The van der Waals surface area contributed by atoms with Gasteiger partial charge in [0.1, 0.15) is 0 Å². The third-order valence-corrected chi connectivity index (χ3v) is 3.15. The van der Waals surface area contributed by atoms with Crippen LogP contribution in [0, 0.1) is 0 Å². The molecule has 0 bridgehead atoms. The van der Waals surface area contributed by atoms with E-state index in [0.717, 1.165) is 12.1 Å². The Balaban J connectivity index is 2.34. The van der Waals surface area contributed by atoms with E-state index >= 15 is 0 Å². The van der Waals surface area contributed by atoms with Gasteiger partial charge >= 0.3 is 0 Å². The fourth-order valence-electron chi connectivity index (χ4n) is 2.26. The first kappa shape index (κ1) is 10.0. The van der Waals surface area contributed by atoms with Crippen molar-refractivity contribution < 1.29 is 0 Å². The number of hydrogen-bond acceptors (Lipinski definition) is 1. The van der Waals surface area contributed by atoms with Gasteiger partial charge in [-0.25, -0.2) is 0 Å². The van der Waals surface area contributed by atoms with Gasteiger partial charge in [0, 0.05) is 12.1 Å². The van der Waals surface area contributed by atoms with E-state index in [1.807, 2.05) is 0 Å². The Bertz CT molecular complexity index is 112. The van der Waals surface area contributed by atoms with E-state index in [9.17, 15) is 0 Å². The van der Waals surface area contributed by atoms with Crippen molar-refractivity contribution in [3.63, 3.8) is 0 Å². The van der Waals surface area contributed by atoms with Crippen LogP contribution in [0.5, 0.6) is 0 Å². The van der Waals surface area contributed by atoms with Crippen molar-refractivity contribution in [3.05, 3.63) is 0 Å². The standard InChI is InChI=1S/C11H23N/c1-4-5-9-12-10(2)7-6-8-11(12)3/h10-11H,4-9H2,1-3H3/t10-,11+. The molecule has 1 heterocycles. The van der Waals surface area contributed by atoms with Gasteiger partial charge in [-0.3, -0.25) is 4.90 Å². The van der Waals surface area contributed by atoms with Gasteiger partial charge in [0.15, 0.2) is 0 Å². The average molecular weight is 169 g/mol. The number of piperidine rings is 1. The van der Waals surface area contributed by atoms with Crippen molar-refractivity contribution in [1.29, 1.82) is 0 Å². The molecule has 0 amide bonds. The largest absolute Gasteiger partial charge is 0.298 e. The molecule has 0 saturated carbocycles. The lowest BCUT2D eigenvalue weighted by Crippen LogP contribution is -2.44. The molecule has 2 atom stereocenters. The molecule has 0 aromatic carbocycles. The second kappa shape index (κ2) is 4.86. The first-order valence-electron chi connectivity index (χ1n) is 5.51. The van der Waals surface area contributed by atoms with Crippen molar-refractivity contribution >= 4 is 0 Å². The summed E-state index contributed by atoms with van der Waals surface area (Å²) in [5.41, 5.74) is 0. The molecule has 1 aliphatic rings. The number of likely N-dealkylation sites (tertiary alicyclic amines) is 1. The van der Waals surface area contributed by atoms with Gasteiger partial charge in [0.25, 0.3) is 0 Å². The van der Waals surface area contributed by atoms with Crippen molar-refractivity contribution in [2.45, 2.75) is 65.0 Å². The van der Waals surface area contributed by atoms with Gasteiger partial charge in [-0.1, -0.05) is 19.8 Å². The summed E-state index contributed by atoms with van der Waals surface area (Å²) < 4.78 is 0. The van der Waals surface area contributed by atoms with Gasteiger partial charge in [0.05, 0.1) is 0 Å². The molecule has 0 aromatic rings. The molecular formula is C11H23N. The summed E-state index contributed by atoms with van der Waals surface area (Å²) in [5, 5.41) is 0. The monoisotopic (exact) mass is 169 g/mol. The SMILES string of the molecule is CCCCN1[C@H](C)CCC[C@@H]1C. The second-order valence-corrected chi connectivity index (χ2v) is 4.22. The van der Waals surface area contributed by atoms with E-state index < -0.39 is 0 Å². The fourth-order valence-corrected chi connectivity index (χ4v) is 2.26. The Morgan fingerprint density at radius 3 is 2.25 bits per heavy atom. The van der Waals surface area contributed by atoms with Gasteiger partial charge in [-0.2, -0.15) is 0 Å². The van der Waals surface area contributed by atoms with E-state index in [1.165, 1.54) is 38.6 Å². The molecule has 1 rings (SSSR count). The van der Waals surface area contributed by atoms with Crippen LogP contribution >= 0.6 is 0 Å². The Kier molecular flexibility index (Phi) is 4.07.